The molecule has 0 aliphatic heterocycles. The van der Waals surface area contributed by atoms with Gasteiger partial charge in [0.15, 0.2) is 0 Å². The SMILES string of the molecule is C=C(CC(NC)c1ccc(Cl)cc1O)c1ccc(OCC(O)(Cn2cncn2)c2ccc(P)cc2F)cc1. The molecule has 0 amide bonds. The topological polar surface area (TPSA) is 92.4 Å². The van der Waals surface area contributed by atoms with Gasteiger partial charge in [-0.1, -0.05) is 48.5 Å². The summed E-state index contributed by atoms with van der Waals surface area (Å²) in [7, 11) is 4.25. The lowest BCUT2D eigenvalue weighted by atomic mass is 9.94. The highest BCUT2D eigenvalue weighted by Gasteiger charge is 2.34. The molecule has 0 bridgehead atoms. The maximum Gasteiger partial charge on any atom is 0.146 e. The van der Waals surface area contributed by atoms with Crippen molar-refractivity contribution in [1.29, 1.82) is 0 Å². The van der Waals surface area contributed by atoms with Gasteiger partial charge in [0, 0.05) is 22.2 Å². The Kier molecular flexibility index (Phi) is 8.80. The average Bonchev–Trinajstić information content (AvgIpc) is 3.39. The number of halogens is 2. The zero-order valence-corrected chi connectivity index (χ0v) is 22.7. The molecule has 1 heterocycles. The fourth-order valence-electron chi connectivity index (χ4n) is 4.23. The van der Waals surface area contributed by atoms with Gasteiger partial charge in [0.2, 0.25) is 0 Å². The second kappa shape index (κ2) is 12.0. The van der Waals surface area contributed by atoms with Gasteiger partial charge >= 0.3 is 0 Å². The lowest BCUT2D eigenvalue weighted by Crippen LogP contribution is -2.39. The van der Waals surface area contributed by atoms with E-state index in [9.17, 15) is 14.6 Å². The third-order valence-electron chi connectivity index (χ3n) is 6.29. The van der Waals surface area contributed by atoms with E-state index in [1.807, 2.05) is 19.2 Å². The fraction of sp³-hybridized carbons (Fsp3) is 0.214. The van der Waals surface area contributed by atoms with Crippen molar-refractivity contribution in [3.8, 4) is 11.5 Å². The number of aromatic nitrogens is 3. The first-order valence-corrected chi connectivity index (χ1v) is 12.8. The molecule has 3 N–H and O–H groups in total. The number of nitrogens with one attached hydrogen (secondary N) is 1. The lowest BCUT2D eigenvalue weighted by Gasteiger charge is -2.29. The van der Waals surface area contributed by atoms with Gasteiger partial charge in [-0.3, -0.25) is 0 Å². The molecule has 0 spiro atoms. The standard InChI is InChI=1S/C28H29ClFN4O3P/c1-18(11-26(31-2)23-9-5-20(29)12-27(23)35)19-3-6-21(7-4-19)37-15-28(36,14-34-17-32-16-33-34)24-10-8-22(38)13-25(24)30/h3-10,12-13,16-17,26,31,35-36H,1,11,14-15,38H2,2H3. The molecule has 0 saturated heterocycles. The second-order valence-electron chi connectivity index (χ2n) is 9.03. The quantitative estimate of drug-likeness (QED) is 0.235. The fourth-order valence-corrected chi connectivity index (χ4v) is 4.64. The van der Waals surface area contributed by atoms with E-state index in [0.29, 0.717) is 22.5 Å². The molecular formula is C28H29ClFN4O3P. The average molecular weight is 555 g/mol. The van der Waals surface area contributed by atoms with Crippen molar-refractivity contribution in [2.24, 2.45) is 0 Å². The number of benzene rings is 3. The van der Waals surface area contributed by atoms with Gasteiger partial charge < -0.3 is 20.3 Å². The van der Waals surface area contributed by atoms with Gasteiger partial charge in [-0.05, 0) is 60.2 Å². The highest BCUT2D eigenvalue weighted by atomic mass is 35.5. The van der Waals surface area contributed by atoms with Crippen molar-refractivity contribution in [1.82, 2.24) is 20.1 Å². The Bertz CT molecular complexity index is 1400. The Morgan fingerprint density at radius 3 is 2.61 bits per heavy atom. The van der Waals surface area contributed by atoms with E-state index < -0.39 is 11.4 Å². The first-order chi connectivity index (χ1) is 18.2. The summed E-state index contributed by atoms with van der Waals surface area (Å²) in [4.78, 5) is 3.91. The summed E-state index contributed by atoms with van der Waals surface area (Å²) >= 11 is 5.97. The molecule has 4 rings (SSSR count). The minimum atomic E-state index is -1.70. The van der Waals surface area contributed by atoms with Crippen LogP contribution in [-0.2, 0) is 12.1 Å². The number of aromatic hydroxyl groups is 1. The van der Waals surface area contributed by atoms with Crippen LogP contribution in [0.4, 0.5) is 4.39 Å². The first-order valence-electron chi connectivity index (χ1n) is 11.9. The van der Waals surface area contributed by atoms with Gasteiger partial charge in [-0.25, -0.2) is 14.1 Å². The second-order valence-corrected chi connectivity index (χ2v) is 10.1. The zero-order chi connectivity index (χ0) is 27.3. The maximum absolute atomic E-state index is 14.8. The highest BCUT2D eigenvalue weighted by Crippen LogP contribution is 2.33. The largest absolute Gasteiger partial charge is 0.508 e. The molecule has 10 heteroatoms. The van der Waals surface area contributed by atoms with E-state index in [1.54, 1.807) is 36.4 Å². The van der Waals surface area contributed by atoms with E-state index in [0.717, 1.165) is 16.7 Å². The number of ether oxygens (including phenoxy) is 1. The van der Waals surface area contributed by atoms with Crippen molar-refractivity contribution >= 4 is 31.7 Å². The smallest absolute Gasteiger partial charge is 0.146 e. The van der Waals surface area contributed by atoms with Crippen molar-refractivity contribution in [3.05, 3.63) is 107 Å². The normalized spacial score (nSPS) is 13.6. The van der Waals surface area contributed by atoms with Crippen LogP contribution in [0.1, 0.15) is 29.2 Å². The summed E-state index contributed by atoms with van der Waals surface area (Å²) < 4.78 is 22.2. The van der Waals surface area contributed by atoms with Crippen LogP contribution in [0.3, 0.4) is 0 Å². The molecule has 3 aromatic carbocycles. The molecule has 0 radical (unpaired) electrons. The summed E-state index contributed by atoms with van der Waals surface area (Å²) in [5.74, 6) is 0.0823. The molecule has 7 nitrogen and oxygen atoms in total. The maximum atomic E-state index is 14.8. The summed E-state index contributed by atoms with van der Waals surface area (Å²) in [6.45, 7) is 3.96. The van der Waals surface area contributed by atoms with Crippen molar-refractivity contribution < 1.29 is 19.3 Å². The van der Waals surface area contributed by atoms with Crippen LogP contribution in [0.25, 0.3) is 5.57 Å². The molecule has 0 fully saturated rings. The Hall–Kier alpha value is -3.29. The van der Waals surface area contributed by atoms with Gasteiger partial charge in [0.05, 0.1) is 6.54 Å². The molecule has 3 unspecified atom stereocenters. The molecule has 0 saturated carbocycles. The predicted octanol–water partition coefficient (Wildman–Crippen LogP) is 4.61. The van der Waals surface area contributed by atoms with Gasteiger partial charge in [-0.15, -0.1) is 9.24 Å². The van der Waals surface area contributed by atoms with Crippen LogP contribution in [-0.4, -0.2) is 38.6 Å². The summed E-state index contributed by atoms with van der Waals surface area (Å²) in [6.07, 6.45) is 3.35. The van der Waals surface area contributed by atoms with Crippen LogP contribution in [0.5, 0.6) is 11.5 Å². The van der Waals surface area contributed by atoms with Crippen LogP contribution in [0, 0.1) is 5.82 Å². The number of aliphatic hydroxyl groups is 1. The molecule has 198 valence electrons. The van der Waals surface area contributed by atoms with Crippen LogP contribution in [0.15, 0.2) is 79.9 Å². The number of hydrogen-bond donors (Lipinski definition) is 3. The Morgan fingerprint density at radius 1 is 1.21 bits per heavy atom. The van der Waals surface area contributed by atoms with E-state index in [4.69, 9.17) is 16.3 Å². The van der Waals surface area contributed by atoms with Crippen LogP contribution < -0.4 is 15.4 Å². The number of nitrogens with zero attached hydrogens (tertiary/aromatic N) is 3. The molecule has 0 aliphatic rings. The van der Waals surface area contributed by atoms with E-state index in [-0.39, 0.29) is 30.5 Å². The molecular weight excluding hydrogens is 526 g/mol. The van der Waals surface area contributed by atoms with Crippen LogP contribution in [0.2, 0.25) is 5.02 Å². The highest BCUT2D eigenvalue weighted by molar-refractivity contribution is 7.27. The molecule has 0 aliphatic carbocycles. The third-order valence-corrected chi connectivity index (χ3v) is 6.89. The molecule has 38 heavy (non-hydrogen) atoms. The zero-order valence-electron chi connectivity index (χ0n) is 20.8. The minimum absolute atomic E-state index is 0.0437. The predicted molar refractivity (Wildman–Crippen MR) is 150 cm³/mol. The summed E-state index contributed by atoms with van der Waals surface area (Å²) in [5.41, 5.74) is 0.886. The minimum Gasteiger partial charge on any atom is -0.508 e. The van der Waals surface area contributed by atoms with E-state index in [2.05, 4.69) is 31.2 Å². The molecule has 1 aromatic heterocycles. The Labute approximate surface area is 228 Å². The third kappa shape index (κ3) is 6.58. The van der Waals surface area contributed by atoms with Crippen LogP contribution >= 0.6 is 20.8 Å². The summed E-state index contributed by atoms with van der Waals surface area (Å²) in [5, 5.41) is 30.2. The molecule has 3 atom stereocenters. The van der Waals surface area contributed by atoms with E-state index in [1.165, 1.54) is 29.5 Å². The first kappa shape index (κ1) is 27.7. The lowest BCUT2D eigenvalue weighted by molar-refractivity contribution is -0.0296. The van der Waals surface area contributed by atoms with Gasteiger partial charge in [0.1, 0.15) is 42.2 Å². The Morgan fingerprint density at radius 2 is 1.97 bits per heavy atom. The number of hydrogen-bond acceptors (Lipinski definition) is 6. The number of rotatable bonds is 11. The Balaban J connectivity index is 1.47. The van der Waals surface area contributed by atoms with Gasteiger partial charge in [0.25, 0.3) is 0 Å². The monoisotopic (exact) mass is 554 g/mol. The molecule has 4 aromatic rings. The van der Waals surface area contributed by atoms with E-state index >= 15 is 0 Å². The number of phenolic OH excluding ortho intramolecular Hbond substituents is 1. The van der Waals surface area contributed by atoms with Gasteiger partial charge in [-0.2, -0.15) is 5.10 Å². The summed E-state index contributed by atoms with van der Waals surface area (Å²) in [6, 6.07) is 16.7. The van der Waals surface area contributed by atoms with Crippen molar-refractivity contribution in [2.75, 3.05) is 13.7 Å². The van der Waals surface area contributed by atoms with Crippen molar-refractivity contribution in [2.45, 2.75) is 24.6 Å². The van der Waals surface area contributed by atoms with Crippen molar-refractivity contribution in [3.63, 3.8) is 0 Å². The number of phenols is 1.